The average Bonchev–Trinajstić information content (AvgIpc) is 2.49. The molecule has 0 aromatic heterocycles. The van der Waals surface area contributed by atoms with Gasteiger partial charge in [0.2, 0.25) is 0 Å². The van der Waals surface area contributed by atoms with Crippen LogP contribution in [0.3, 0.4) is 0 Å². The van der Waals surface area contributed by atoms with E-state index in [1.54, 1.807) is 6.07 Å². The Hall–Kier alpha value is -2.87. The van der Waals surface area contributed by atoms with Crippen LogP contribution in [0.25, 0.3) is 0 Å². The molecule has 2 aromatic carbocycles. The van der Waals surface area contributed by atoms with Gasteiger partial charge in [0.05, 0.1) is 10.6 Å². The van der Waals surface area contributed by atoms with E-state index in [2.05, 4.69) is 10.6 Å². The zero-order chi connectivity index (χ0) is 16.1. The minimum absolute atomic E-state index is 0.0929. The number of carbonyl (C=O) groups excluding carboxylic acids is 1. The molecule has 0 saturated carbocycles. The number of halogens is 1. The summed E-state index contributed by atoms with van der Waals surface area (Å²) in [5.41, 5.74) is -0.380. The first-order chi connectivity index (χ1) is 10.5. The van der Waals surface area contributed by atoms with E-state index in [1.807, 2.05) is 0 Å². The van der Waals surface area contributed by atoms with E-state index in [9.17, 15) is 19.3 Å². The summed E-state index contributed by atoms with van der Waals surface area (Å²) < 4.78 is 13.5. The highest BCUT2D eigenvalue weighted by atomic mass is 32.1. The van der Waals surface area contributed by atoms with Gasteiger partial charge in [0.1, 0.15) is 11.4 Å². The molecule has 0 bridgehead atoms. The predicted octanol–water partition coefficient (Wildman–Crippen LogP) is 2.86. The maximum atomic E-state index is 13.5. The lowest BCUT2D eigenvalue weighted by atomic mass is 10.1. The first-order valence-electron chi connectivity index (χ1n) is 6.09. The lowest BCUT2D eigenvalue weighted by Crippen LogP contribution is -2.34. The Labute approximate surface area is 130 Å². The number of thiocarbonyl (C=S) groups is 1. The van der Waals surface area contributed by atoms with Gasteiger partial charge in [0, 0.05) is 6.07 Å². The lowest BCUT2D eigenvalue weighted by Gasteiger charge is -2.10. The predicted molar refractivity (Wildman–Crippen MR) is 83.2 cm³/mol. The molecule has 0 aliphatic carbocycles. The molecular formula is C14H10FN3O3S. The third-order valence-corrected chi connectivity index (χ3v) is 2.90. The summed E-state index contributed by atoms with van der Waals surface area (Å²) in [6.07, 6.45) is 0. The molecule has 0 aliphatic rings. The Kier molecular flexibility index (Phi) is 4.74. The fourth-order valence-corrected chi connectivity index (χ4v) is 1.91. The molecule has 2 N–H and O–H groups in total. The Morgan fingerprint density at radius 2 is 1.77 bits per heavy atom. The molecule has 2 rings (SSSR count). The van der Waals surface area contributed by atoms with Crippen molar-refractivity contribution in [3.63, 3.8) is 0 Å². The highest BCUT2D eigenvalue weighted by molar-refractivity contribution is 7.80. The quantitative estimate of drug-likeness (QED) is 0.516. The van der Waals surface area contributed by atoms with Gasteiger partial charge in [-0.3, -0.25) is 20.2 Å². The van der Waals surface area contributed by atoms with Gasteiger partial charge in [-0.25, -0.2) is 4.39 Å². The molecule has 112 valence electrons. The zero-order valence-electron chi connectivity index (χ0n) is 11.1. The monoisotopic (exact) mass is 319 g/mol. The maximum Gasteiger partial charge on any atom is 0.282 e. The molecule has 2 aromatic rings. The van der Waals surface area contributed by atoms with Gasteiger partial charge in [-0.05, 0) is 30.4 Å². The number of amides is 1. The minimum atomic E-state index is -0.749. The Morgan fingerprint density at radius 1 is 1.14 bits per heavy atom. The van der Waals surface area contributed by atoms with E-state index in [-0.39, 0.29) is 22.1 Å². The van der Waals surface area contributed by atoms with Gasteiger partial charge in [-0.1, -0.05) is 24.3 Å². The van der Waals surface area contributed by atoms with E-state index in [4.69, 9.17) is 12.2 Å². The molecule has 6 nitrogen and oxygen atoms in total. The number of benzene rings is 2. The Morgan fingerprint density at radius 3 is 2.45 bits per heavy atom. The molecular weight excluding hydrogens is 309 g/mol. The summed E-state index contributed by atoms with van der Waals surface area (Å²) in [6, 6.07) is 11.2. The number of nitrogens with zero attached hydrogens (tertiary/aromatic N) is 1. The molecule has 22 heavy (non-hydrogen) atoms. The molecule has 0 aliphatic heterocycles. The fraction of sp³-hybridized carbons (Fsp3) is 0. The first kappa shape index (κ1) is 15.5. The number of carbonyl (C=O) groups is 1. The molecule has 0 atom stereocenters. The summed E-state index contributed by atoms with van der Waals surface area (Å²) in [7, 11) is 0. The number of anilines is 1. The van der Waals surface area contributed by atoms with E-state index in [0.717, 1.165) is 0 Å². The first-order valence-corrected chi connectivity index (χ1v) is 6.50. The summed E-state index contributed by atoms with van der Waals surface area (Å²) in [5, 5.41) is 15.5. The summed E-state index contributed by atoms with van der Waals surface area (Å²) in [5.74, 6) is -1.29. The van der Waals surface area contributed by atoms with Crippen LogP contribution in [0.2, 0.25) is 0 Å². The SMILES string of the molecule is O=C(NC(=S)Nc1ccccc1F)c1ccccc1[N+](=O)[O-]. The molecule has 0 fully saturated rings. The van der Waals surface area contributed by atoms with Gasteiger partial charge in [0.25, 0.3) is 11.6 Å². The van der Waals surface area contributed by atoms with Gasteiger partial charge in [0.15, 0.2) is 5.11 Å². The molecule has 0 heterocycles. The number of para-hydroxylation sites is 2. The van der Waals surface area contributed by atoms with Crippen LogP contribution in [0.5, 0.6) is 0 Å². The second-order valence-corrected chi connectivity index (χ2v) is 4.57. The van der Waals surface area contributed by atoms with Crippen molar-refractivity contribution >= 4 is 34.6 Å². The highest BCUT2D eigenvalue weighted by Crippen LogP contribution is 2.17. The van der Waals surface area contributed by atoms with E-state index in [1.165, 1.54) is 42.5 Å². The van der Waals surface area contributed by atoms with Gasteiger partial charge in [-0.2, -0.15) is 0 Å². The molecule has 8 heteroatoms. The molecule has 0 unspecified atom stereocenters. The topological polar surface area (TPSA) is 84.3 Å². The third-order valence-electron chi connectivity index (χ3n) is 2.69. The number of hydrogen-bond donors (Lipinski definition) is 2. The zero-order valence-corrected chi connectivity index (χ0v) is 11.9. The Bertz CT molecular complexity index is 752. The van der Waals surface area contributed by atoms with Crippen LogP contribution < -0.4 is 10.6 Å². The van der Waals surface area contributed by atoms with Crippen molar-refractivity contribution < 1.29 is 14.1 Å². The molecule has 0 radical (unpaired) electrons. The van der Waals surface area contributed by atoms with Gasteiger partial charge < -0.3 is 5.32 Å². The summed E-state index contributed by atoms with van der Waals surface area (Å²) in [6.45, 7) is 0. The summed E-state index contributed by atoms with van der Waals surface area (Å²) >= 11 is 4.90. The van der Waals surface area contributed by atoms with Crippen molar-refractivity contribution in [2.75, 3.05) is 5.32 Å². The highest BCUT2D eigenvalue weighted by Gasteiger charge is 2.20. The van der Waals surface area contributed by atoms with Crippen molar-refractivity contribution in [1.29, 1.82) is 0 Å². The average molecular weight is 319 g/mol. The van der Waals surface area contributed by atoms with Crippen molar-refractivity contribution in [1.82, 2.24) is 5.32 Å². The van der Waals surface area contributed by atoms with Crippen LogP contribution in [0, 0.1) is 15.9 Å². The number of nitro groups is 1. The number of hydrogen-bond acceptors (Lipinski definition) is 4. The smallest absolute Gasteiger partial charge is 0.282 e. The van der Waals surface area contributed by atoms with Crippen molar-refractivity contribution in [3.8, 4) is 0 Å². The van der Waals surface area contributed by atoms with Gasteiger partial charge >= 0.3 is 0 Å². The lowest BCUT2D eigenvalue weighted by molar-refractivity contribution is -0.385. The van der Waals surface area contributed by atoms with E-state index in [0.29, 0.717) is 0 Å². The minimum Gasteiger partial charge on any atom is -0.330 e. The van der Waals surface area contributed by atoms with Crippen LogP contribution in [-0.2, 0) is 0 Å². The van der Waals surface area contributed by atoms with Crippen molar-refractivity contribution in [2.24, 2.45) is 0 Å². The molecule has 1 amide bonds. The van der Waals surface area contributed by atoms with Crippen molar-refractivity contribution in [2.45, 2.75) is 0 Å². The third kappa shape index (κ3) is 3.61. The Balaban J connectivity index is 2.11. The van der Waals surface area contributed by atoms with Gasteiger partial charge in [-0.15, -0.1) is 0 Å². The second-order valence-electron chi connectivity index (χ2n) is 4.16. The standard InChI is InChI=1S/C14H10FN3O3S/c15-10-6-2-3-7-11(10)16-14(22)17-13(19)9-5-1-4-8-12(9)18(20)21/h1-8H,(H2,16,17,19,22). The van der Waals surface area contributed by atoms with Crippen molar-refractivity contribution in [3.05, 3.63) is 70.0 Å². The fourth-order valence-electron chi connectivity index (χ4n) is 1.71. The second kappa shape index (κ2) is 6.72. The van der Waals surface area contributed by atoms with E-state index < -0.39 is 16.6 Å². The van der Waals surface area contributed by atoms with Crippen LogP contribution in [-0.4, -0.2) is 15.9 Å². The maximum absolute atomic E-state index is 13.5. The van der Waals surface area contributed by atoms with E-state index >= 15 is 0 Å². The summed E-state index contributed by atoms with van der Waals surface area (Å²) in [4.78, 5) is 22.2. The number of rotatable bonds is 3. The number of nitrogens with one attached hydrogen (secondary N) is 2. The van der Waals surface area contributed by atoms with Crippen LogP contribution in [0.15, 0.2) is 48.5 Å². The molecule has 0 saturated heterocycles. The number of nitro benzene ring substituents is 1. The van der Waals surface area contributed by atoms with Crippen LogP contribution >= 0.6 is 12.2 Å². The largest absolute Gasteiger partial charge is 0.330 e. The normalized spacial score (nSPS) is 9.86. The van der Waals surface area contributed by atoms with Crippen LogP contribution in [0.1, 0.15) is 10.4 Å². The molecule has 0 spiro atoms. The van der Waals surface area contributed by atoms with Crippen LogP contribution in [0.4, 0.5) is 15.8 Å².